The van der Waals surface area contributed by atoms with E-state index in [1.54, 1.807) is 24.3 Å². The van der Waals surface area contributed by atoms with Crippen LogP contribution in [0.5, 0.6) is 17.2 Å². The standard InChI is InChI=1S/C16H13N3O5/c1-22-13-4-2-3-5-14(13)24-15-8-23-7-10(15)11(20)6-12(21)16-17-9-18-19-16/h2-9,21H,1H3,(H,17,18,19). The van der Waals surface area contributed by atoms with Crippen molar-refractivity contribution in [3.63, 3.8) is 0 Å². The quantitative estimate of drug-likeness (QED) is 0.407. The van der Waals surface area contributed by atoms with Crippen LogP contribution in [0.25, 0.3) is 5.76 Å². The minimum atomic E-state index is -0.518. The number of H-pyrrole nitrogens is 1. The molecule has 8 heteroatoms. The van der Waals surface area contributed by atoms with Gasteiger partial charge in [-0.25, -0.2) is 4.98 Å². The Morgan fingerprint density at radius 1 is 1.25 bits per heavy atom. The van der Waals surface area contributed by atoms with Crippen molar-refractivity contribution < 1.29 is 23.8 Å². The maximum Gasteiger partial charge on any atom is 0.215 e. The summed E-state index contributed by atoms with van der Waals surface area (Å²) in [6.07, 6.45) is 4.80. The van der Waals surface area contributed by atoms with Crippen molar-refractivity contribution in [1.82, 2.24) is 15.2 Å². The van der Waals surface area contributed by atoms with Crippen LogP contribution >= 0.6 is 0 Å². The fourth-order valence-corrected chi connectivity index (χ4v) is 1.96. The third-order valence-electron chi connectivity index (χ3n) is 3.09. The molecule has 3 rings (SSSR count). The number of rotatable bonds is 6. The molecule has 0 unspecified atom stereocenters. The first-order chi connectivity index (χ1) is 11.7. The Kier molecular flexibility index (Phi) is 4.28. The van der Waals surface area contributed by atoms with E-state index in [0.29, 0.717) is 11.5 Å². The van der Waals surface area contributed by atoms with Gasteiger partial charge in [0.2, 0.25) is 5.82 Å². The Labute approximate surface area is 136 Å². The lowest BCUT2D eigenvalue weighted by Crippen LogP contribution is -1.99. The van der Waals surface area contributed by atoms with E-state index in [0.717, 1.165) is 6.08 Å². The number of nitrogens with one attached hydrogen (secondary N) is 1. The molecule has 0 aliphatic heterocycles. The third kappa shape index (κ3) is 3.12. The van der Waals surface area contributed by atoms with Gasteiger partial charge in [0.25, 0.3) is 0 Å². The molecule has 0 amide bonds. The van der Waals surface area contributed by atoms with Gasteiger partial charge in [-0.2, -0.15) is 5.10 Å². The zero-order valence-electron chi connectivity index (χ0n) is 12.6. The van der Waals surface area contributed by atoms with Gasteiger partial charge in [-0.3, -0.25) is 9.89 Å². The molecule has 1 aromatic carbocycles. The van der Waals surface area contributed by atoms with E-state index in [1.165, 1.54) is 26.0 Å². The molecule has 8 nitrogen and oxygen atoms in total. The number of ether oxygens (including phenoxy) is 2. The summed E-state index contributed by atoms with van der Waals surface area (Å²) in [6.45, 7) is 0. The van der Waals surface area contributed by atoms with Gasteiger partial charge in [0.05, 0.1) is 7.11 Å². The van der Waals surface area contributed by atoms with Crippen LogP contribution in [0, 0.1) is 0 Å². The molecule has 122 valence electrons. The van der Waals surface area contributed by atoms with E-state index in [9.17, 15) is 9.90 Å². The van der Waals surface area contributed by atoms with Crippen LogP contribution in [0.15, 0.2) is 53.6 Å². The van der Waals surface area contributed by atoms with Crippen LogP contribution in [0.3, 0.4) is 0 Å². The van der Waals surface area contributed by atoms with Gasteiger partial charge < -0.3 is 19.0 Å². The van der Waals surface area contributed by atoms with E-state index in [4.69, 9.17) is 13.9 Å². The second-order valence-corrected chi connectivity index (χ2v) is 4.62. The van der Waals surface area contributed by atoms with Gasteiger partial charge in [0.1, 0.15) is 24.4 Å². The summed E-state index contributed by atoms with van der Waals surface area (Å²) in [4.78, 5) is 16.1. The summed E-state index contributed by atoms with van der Waals surface area (Å²) in [5.41, 5.74) is 0.142. The predicted octanol–water partition coefficient (Wildman–Crippen LogP) is 2.98. The van der Waals surface area contributed by atoms with Crippen LogP contribution in [0.1, 0.15) is 16.2 Å². The lowest BCUT2D eigenvalue weighted by atomic mass is 10.2. The first-order valence-corrected chi connectivity index (χ1v) is 6.87. The summed E-state index contributed by atoms with van der Waals surface area (Å²) < 4.78 is 15.9. The Morgan fingerprint density at radius 3 is 2.75 bits per heavy atom. The Balaban J connectivity index is 1.85. The fraction of sp³-hybridized carbons (Fsp3) is 0.0625. The van der Waals surface area contributed by atoms with Gasteiger partial charge in [-0.1, -0.05) is 12.1 Å². The Bertz CT molecular complexity index is 867. The molecule has 0 aliphatic rings. The molecule has 0 fully saturated rings. The van der Waals surface area contributed by atoms with Gasteiger partial charge in [-0.15, -0.1) is 0 Å². The van der Waals surface area contributed by atoms with Crippen molar-refractivity contribution in [1.29, 1.82) is 0 Å². The minimum Gasteiger partial charge on any atom is -0.504 e. The number of benzene rings is 1. The van der Waals surface area contributed by atoms with Gasteiger partial charge in [0.15, 0.2) is 28.8 Å². The SMILES string of the molecule is COc1ccccc1Oc1cocc1C(=O)C=C(O)c1nc[nH]n1. The van der Waals surface area contributed by atoms with E-state index >= 15 is 0 Å². The lowest BCUT2D eigenvalue weighted by Gasteiger charge is -2.09. The highest BCUT2D eigenvalue weighted by Crippen LogP contribution is 2.33. The van der Waals surface area contributed by atoms with E-state index in [-0.39, 0.29) is 22.9 Å². The molecule has 0 saturated heterocycles. The molecular formula is C16H13N3O5. The molecular weight excluding hydrogens is 314 g/mol. The number of aromatic amines is 1. The van der Waals surface area contributed by atoms with Crippen molar-refractivity contribution >= 4 is 11.5 Å². The zero-order valence-corrected chi connectivity index (χ0v) is 12.6. The number of furan rings is 1. The minimum absolute atomic E-state index is 0.0130. The highest BCUT2D eigenvalue weighted by molar-refractivity contribution is 6.09. The molecule has 0 spiro atoms. The molecule has 0 atom stereocenters. The number of aliphatic hydroxyl groups is 1. The molecule has 2 heterocycles. The van der Waals surface area contributed by atoms with Gasteiger partial charge in [-0.05, 0) is 12.1 Å². The maximum absolute atomic E-state index is 12.3. The smallest absolute Gasteiger partial charge is 0.215 e. The zero-order chi connectivity index (χ0) is 16.9. The van der Waals surface area contributed by atoms with Crippen LogP contribution in [-0.4, -0.2) is 33.2 Å². The molecule has 3 aromatic rings. The topological polar surface area (TPSA) is 110 Å². The summed E-state index contributed by atoms with van der Waals surface area (Å²) in [5, 5.41) is 16.0. The fourth-order valence-electron chi connectivity index (χ4n) is 1.96. The van der Waals surface area contributed by atoms with Crippen molar-refractivity contribution in [2.24, 2.45) is 0 Å². The second kappa shape index (κ2) is 6.69. The maximum atomic E-state index is 12.3. The van der Waals surface area contributed by atoms with E-state index in [1.807, 2.05) is 0 Å². The number of methoxy groups -OCH3 is 1. The van der Waals surface area contributed by atoms with E-state index in [2.05, 4.69) is 15.2 Å². The van der Waals surface area contributed by atoms with Crippen molar-refractivity contribution in [3.8, 4) is 17.2 Å². The number of carbonyl (C=O) groups is 1. The van der Waals surface area contributed by atoms with Gasteiger partial charge in [0, 0.05) is 6.08 Å². The average molecular weight is 327 g/mol. The molecule has 0 saturated carbocycles. The molecule has 24 heavy (non-hydrogen) atoms. The molecule has 0 radical (unpaired) electrons. The van der Waals surface area contributed by atoms with Crippen LogP contribution in [-0.2, 0) is 0 Å². The molecule has 2 aromatic heterocycles. The molecule has 2 N–H and O–H groups in total. The number of ketones is 1. The number of aliphatic hydroxyl groups excluding tert-OH is 1. The number of allylic oxidation sites excluding steroid dienone is 1. The van der Waals surface area contributed by atoms with E-state index < -0.39 is 5.78 Å². The molecule has 0 aliphatic carbocycles. The summed E-state index contributed by atoms with van der Waals surface area (Å²) in [6, 6.07) is 6.99. The van der Waals surface area contributed by atoms with Crippen LogP contribution in [0.4, 0.5) is 0 Å². The summed E-state index contributed by atoms with van der Waals surface area (Å²) in [5.74, 6) is 0.262. The lowest BCUT2D eigenvalue weighted by molar-refractivity contribution is 0.104. The first-order valence-electron chi connectivity index (χ1n) is 6.87. The Hall–Kier alpha value is -3.55. The highest BCUT2D eigenvalue weighted by Gasteiger charge is 2.17. The Morgan fingerprint density at radius 2 is 2.04 bits per heavy atom. The van der Waals surface area contributed by atoms with Crippen molar-refractivity contribution in [2.45, 2.75) is 0 Å². The average Bonchev–Trinajstić information content (AvgIpc) is 3.27. The number of hydrogen-bond acceptors (Lipinski definition) is 7. The first kappa shape index (κ1) is 15.3. The number of hydrogen-bond donors (Lipinski definition) is 2. The monoisotopic (exact) mass is 327 g/mol. The largest absolute Gasteiger partial charge is 0.504 e. The number of para-hydroxylation sites is 2. The normalized spacial score (nSPS) is 11.3. The predicted molar refractivity (Wildman–Crippen MR) is 83.1 cm³/mol. The summed E-state index contributed by atoms with van der Waals surface area (Å²) >= 11 is 0. The van der Waals surface area contributed by atoms with Crippen molar-refractivity contribution in [3.05, 3.63) is 60.6 Å². The second-order valence-electron chi connectivity index (χ2n) is 4.62. The van der Waals surface area contributed by atoms with Gasteiger partial charge >= 0.3 is 0 Å². The molecule has 0 bridgehead atoms. The van der Waals surface area contributed by atoms with Crippen LogP contribution in [0.2, 0.25) is 0 Å². The van der Waals surface area contributed by atoms with Crippen molar-refractivity contribution in [2.75, 3.05) is 7.11 Å². The third-order valence-corrected chi connectivity index (χ3v) is 3.09. The van der Waals surface area contributed by atoms with Crippen LogP contribution < -0.4 is 9.47 Å². The summed E-state index contributed by atoms with van der Waals surface area (Å²) in [7, 11) is 1.52. The highest BCUT2D eigenvalue weighted by atomic mass is 16.5. The number of aromatic nitrogens is 3. The number of nitrogens with zero attached hydrogens (tertiary/aromatic N) is 2. The number of carbonyl (C=O) groups excluding carboxylic acids is 1.